The van der Waals surface area contributed by atoms with E-state index in [1.807, 2.05) is 32.4 Å². The van der Waals surface area contributed by atoms with Crippen LogP contribution in [0.5, 0.6) is 0 Å². The van der Waals surface area contributed by atoms with Crippen molar-refractivity contribution in [2.24, 2.45) is 0 Å². The zero-order chi connectivity index (χ0) is 14.2. The first kappa shape index (κ1) is 14.4. The number of carbonyl (C=O) groups is 1. The van der Waals surface area contributed by atoms with Gasteiger partial charge in [-0.3, -0.25) is 9.58 Å². The van der Waals surface area contributed by atoms with Gasteiger partial charge in [0.15, 0.2) is 0 Å². The van der Waals surface area contributed by atoms with Gasteiger partial charge in [-0.1, -0.05) is 0 Å². The van der Waals surface area contributed by atoms with E-state index in [-0.39, 0.29) is 12.1 Å². The molecule has 0 aliphatic carbocycles. The third-order valence-electron chi connectivity index (χ3n) is 3.14. The zero-order valence-electron chi connectivity index (χ0n) is 11.8. The minimum Gasteiger partial charge on any atom is -0.444 e. The summed E-state index contributed by atoms with van der Waals surface area (Å²) in [5, 5.41) is 4.31. The van der Waals surface area contributed by atoms with Crippen molar-refractivity contribution in [3.63, 3.8) is 0 Å². The van der Waals surface area contributed by atoms with Gasteiger partial charge >= 0.3 is 6.09 Å². The van der Waals surface area contributed by atoms with Crippen molar-refractivity contribution >= 4 is 22.0 Å². The van der Waals surface area contributed by atoms with E-state index in [0.717, 1.165) is 23.1 Å². The molecule has 1 atom stereocenters. The third-order valence-corrected chi connectivity index (χ3v) is 3.80. The number of rotatable bonds is 0. The minimum atomic E-state index is -0.472. The lowest BCUT2D eigenvalue weighted by atomic mass is 10.2. The molecule has 0 bridgehead atoms. The van der Waals surface area contributed by atoms with Crippen LogP contribution in [0.25, 0.3) is 0 Å². The molecular weight excluding hydrogens is 310 g/mol. The maximum Gasteiger partial charge on any atom is 0.410 e. The Hall–Kier alpha value is -1.04. The summed E-state index contributed by atoms with van der Waals surface area (Å²) in [6.45, 7) is 9.04. The summed E-state index contributed by atoms with van der Waals surface area (Å²) in [5.74, 6) is 0. The highest BCUT2D eigenvalue weighted by atomic mass is 79.9. The second-order valence-corrected chi connectivity index (χ2v) is 6.76. The number of hydrogen-bond donors (Lipinski definition) is 0. The van der Waals surface area contributed by atoms with Gasteiger partial charge in [0, 0.05) is 12.6 Å². The summed E-state index contributed by atoms with van der Waals surface area (Å²) in [6.07, 6.45) is 2.39. The second-order valence-electron chi connectivity index (χ2n) is 5.91. The van der Waals surface area contributed by atoms with Crippen molar-refractivity contribution in [3.8, 4) is 0 Å². The number of halogens is 1. The van der Waals surface area contributed by atoms with E-state index in [4.69, 9.17) is 4.74 Å². The van der Waals surface area contributed by atoms with Crippen LogP contribution in [-0.2, 0) is 17.8 Å². The van der Waals surface area contributed by atoms with Crippen molar-refractivity contribution in [1.29, 1.82) is 0 Å². The SMILES string of the molecule is C[C@@H]1CCn2ncc(Br)c2CN1C(=O)OC(C)(C)C. The van der Waals surface area contributed by atoms with Gasteiger partial charge in [-0.2, -0.15) is 5.10 Å². The predicted octanol–water partition coefficient (Wildman–Crippen LogP) is 3.17. The Morgan fingerprint density at radius 2 is 2.21 bits per heavy atom. The minimum absolute atomic E-state index is 0.142. The van der Waals surface area contributed by atoms with Crippen LogP contribution in [0.3, 0.4) is 0 Å². The Labute approximate surface area is 122 Å². The molecule has 1 aromatic rings. The van der Waals surface area contributed by atoms with Gasteiger partial charge in [-0.25, -0.2) is 4.79 Å². The molecule has 2 heterocycles. The van der Waals surface area contributed by atoms with E-state index in [0.29, 0.717) is 6.54 Å². The van der Waals surface area contributed by atoms with Gasteiger partial charge in [-0.15, -0.1) is 0 Å². The van der Waals surface area contributed by atoms with Gasteiger partial charge in [-0.05, 0) is 50.0 Å². The van der Waals surface area contributed by atoms with Crippen LogP contribution in [-0.4, -0.2) is 32.4 Å². The lowest BCUT2D eigenvalue weighted by Gasteiger charge is -2.30. The maximum absolute atomic E-state index is 12.3. The molecule has 1 amide bonds. The standard InChI is InChI=1S/C13H20BrN3O2/c1-9-5-6-17-11(10(14)7-15-17)8-16(9)12(18)19-13(2,3)4/h7,9H,5-6,8H2,1-4H3/t9-/m1/s1. The highest BCUT2D eigenvalue weighted by Gasteiger charge is 2.30. The topological polar surface area (TPSA) is 47.4 Å². The first-order valence-corrected chi connectivity index (χ1v) is 7.27. The van der Waals surface area contributed by atoms with Crippen LogP contribution in [0.4, 0.5) is 4.79 Å². The lowest BCUT2D eigenvalue weighted by Crippen LogP contribution is -2.41. The summed E-state index contributed by atoms with van der Waals surface area (Å²) in [5.41, 5.74) is 0.552. The molecular formula is C13H20BrN3O2. The molecule has 0 N–H and O–H groups in total. The number of nitrogens with zero attached hydrogens (tertiary/aromatic N) is 3. The van der Waals surface area contributed by atoms with Crippen molar-refractivity contribution in [1.82, 2.24) is 14.7 Å². The largest absolute Gasteiger partial charge is 0.444 e. The van der Waals surface area contributed by atoms with Crippen LogP contribution in [0, 0.1) is 0 Å². The number of fused-ring (bicyclic) bond motifs is 1. The van der Waals surface area contributed by atoms with Crippen molar-refractivity contribution < 1.29 is 9.53 Å². The van der Waals surface area contributed by atoms with Crippen LogP contribution in [0.15, 0.2) is 10.7 Å². The Balaban J connectivity index is 2.20. The van der Waals surface area contributed by atoms with Gasteiger partial charge < -0.3 is 4.74 Å². The molecule has 6 heteroatoms. The summed E-state index contributed by atoms with van der Waals surface area (Å²) < 4.78 is 8.37. The van der Waals surface area contributed by atoms with Gasteiger partial charge in [0.2, 0.25) is 0 Å². The molecule has 0 fully saturated rings. The summed E-state index contributed by atoms with van der Waals surface area (Å²) in [4.78, 5) is 14.1. The van der Waals surface area contributed by atoms with Crippen LogP contribution in [0.1, 0.15) is 39.8 Å². The summed E-state index contributed by atoms with van der Waals surface area (Å²) in [6, 6.07) is 0.142. The smallest absolute Gasteiger partial charge is 0.410 e. The summed E-state index contributed by atoms with van der Waals surface area (Å²) in [7, 11) is 0. The molecule has 1 aliphatic rings. The van der Waals surface area contributed by atoms with Crippen LogP contribution < -0.4 is 0 Å². The zero-order valence-corrected chi connectivity index (χ0v) is 13.4. The molecule has 0 aromatic carbocycles. The number of ether oxygens (including phenoxy) is 1. The number of amides is 1. The van der Waals surface area contributed by atoms with Crippen molar-refractivity contribution in [2.75, 3.05) is 0 Å². The Morgan fingerprint density at radius 3 is 2.84 bits per heavy atom. The third kappa shape index (κ3) is 3.29. The fourth-order valence-electron chi connectivity index (χ4n) is 2.08. The van der Waals surface area contributed by atoms with Gasteiger partial charge in [0.05, 0.1) is 22.9 Å². The fraction of sp³-hybridized carbons (Fsp3) is 0.692. The molecule has 2 rings (SSSR count). The first-order valence-electron chi connectivity index (χ1n) is 6.48. The molecule has 0 radical (unpaired) electrons. The van der Waals surface area contributed by atoms with E-state index in [2.05, 4.69) is 21.0 Å². The molecule has 5 nitrogen and oxygen atoms in total. The molecule has 0 spiro atoms. The first-order chi connectivity index (χ1) is 8.78. The van der Waals surface area contributed by atoms with E-state index in [9.17, 15) is 4.79 Å². The lowest BCUT2D eigenvalue weighted by molar-refractivity contribution is 0.0156. The Kier molecular flexibility index (Phi) is 3.90. The molecule has 1 aliphatic heterocycles. The molecule has 106 valence electrons. The average molecular weight is 330 g/mol. The number of aryl methyl sites for hydroxylation is 1. The quantitative estimate of drug-likeness (QED) is 0.734. The van der Waals surface area contributed by atoms with Crippen molar-refractivity contribution in [2.45, 2.75) is 58.8 Å². The summed E-state index contributed by atoms with van der Waals surface area (Å²) >= 11 is 3.48. The highest BCUT2D eigenvalue weighted by molar-refractivity contribution is 9.10. The predicted molar refractivity (Wildman–Crippen MR) is 75.8 cm³/mol. The van der Waals surface area contributed by atoms with Crippen molar-refractivity contribution in [3.05, 3.63) is 16.4 Å². The normalized spacial score (nSPS) is 19.8. The average Bonchev–Trinajstić information content (AvgIpc) is 2.51. The molecule has 1 aromatic heterocycles. The molecule has 0 saturated carbocycles. The fourth-order valence-corrected chi connectivity index (χ4v) is 2.51. The number of carbonyl (C=O) groups excluding carboxylic acids is 1. The van der Waals surface area contributed by atoms with E-state index in [1.165, 1.54) is 0 Å². The number of hydrogen-bond acceptors (Lipinski definition) is 3. The number of aromatic nitrogens is 2. The molecule has 19 heavy (non-hydrogen) atoms. The van der Waals surface area contributed by atoms with Crippen LogP contribution >= 0.6 is 15.9 Å². The van der Waals surface area contributed by atoms with E-state index < -0.39 is 5.60 Å². The van der Waals surface area contributed by atoms with Gasteiger partial charge in [0.25, 0.3) is 0 Å². The Bertz CT molecular complexity index is 479. The maximum atomic E-state index is 12.3. The Morgan fingerprint density at radius 1 is 1.53 bits per heavy atom. The monoisotopic (exact) mass is 329 g/mol. The van der Waals surface area contributed by atoms with Crippen LogP contribution in [0.2, 0.25) is 0 Å². The van der Waals surface area contributed by atoms with Gasteiger partial charge in [0.1, 0.15) is 5.60 Å². The van der Waals surface area contributed by atoms with E-state index >= 15 is 0 Å². The molecule has 0 unspecified atom stereocenters. The molecule has 0 saturated heterocycles. The van der Waals surface area contributed by atoms with E-state index in [1.54, 1.807) is 11.1 Å². The highest BCUT2D eigenvalue weighted by Crippen LogP contribution is 2.25. The second kappa shape index (κ2) is 5.15.